The second-order valence-corrected chi connectivity index (χ2v) is 3.63. The van der Waals surface area contributed by atoms with E-state index in [1.54, 1.807) is 6.07 Å². The second-order valence-electron chi connectivity index (χ2n) is 2.77. The molecule has 104 valence electrons. The zero-order valence-corrected chi connectivity index (χ0v) is 14.1. The van der Waals surface area contributed by atoms with Crippen LogP contribution in [0, 0.1) is 6.92 Å². The van der Waals surface area contributed by atoms with Crippen LogP contribution in [-0.2, 0) is 11.3 Å². The molecule has 0 bridgehead atoms. The van der Waals surface area contributed by atoms with E-state index in [2.05, 4.69) is 15.9 Å². The predicted octanol–water partition coefficient (Wildman–Crippen LogP) is 5.51. The predicted molar refractivity (Wildman–Crippen MR) is 82.0 cm³/mol. The van der Waals surface area contributed by atoms with Crippen LogP contribution >= 0.6 is 15.9 Å². The molecule has 0 spiro atoms. The number of rotatable bonds is 0. The first-order valence-electron chi connectivity index (χ1n) is 6.65. The third-order valence-corrected chi connectivity index (χ3v) is 2.96. The van der Waals surface area contributed by atoms with Gasteiger partial charge in [-0.15, -0.1) is 0 Å². The van der Waals surface area contributed by atoms with Crippen LogP contribution in [0.3, 0.4) is 0 Å². The first kappa shape index (κ1) is 19.5. The summed E-state index contributed by atoms with van der Waals surface area (Å²) in [5.74, 6) is -0.208. The lowest BCUT2D eigenvalue weighted by molar-refractivity contribution is 0.0535. The van der Waals surface area contributed by atoms with Gasteiger partial charge < -0.3 is 4.74 Å². The van der Waals surface area contributed by atoms with E-state index >= 15 is 0 Å². The van der Waals surface area contributed by atoms with Crippen molar-refractivity contribution in [2.75, 3.05) is 0 Å². The van der Waals surface area contributed by atoms with E-state index in [0.29, 0.717) is 12.2 Å². The first-order chi connectivity index (χ1) is 8.70. The number of esters is 1. The average Bonchev–Trinajstić information content (AvgIpc) is 2.83. The fourth-order valence-electron chi connectivity index (χ4n) is 1.32. The minimum atomic E-state index is -0.208. The zero-order chi connectivity index (χ0) is 14.7. The van der Waals surface area contributed by atoms with Crippen molar-refractivity contribution in [3.8, 4) is 0 Å². The highest BCUT2D eigenvalue weighted by Crippen LogP contribution is 2.28. The quantitative estimate of drug-likeness (QED) is 0.590. The van der Waals surface area contributed by atoms with Gasteiger partial charge in [-0.25, -0.2) is 4.79 Å². The Morgan fingerprint density at radius 2 is 1.56 bits per heavy atom. The average molecular weight is 317 g/mol. The van der Waals surface area contributed by atoms with Crippen LogP contribution in [0.2, 0.25) is 0 Å². The van der Waals surface area contributed by atoms with Crippen LogP contribution in [0.1, 0.15) is 63.0 Å². The molecule has 0 radical (unpaired) electrons. The molecule has 0 aliphatic carbocycles. The first-order valence-corrected chi connectivity index (χ1v) is 7.44. The van der Waals surface area contributed by atoms with E-state index in [4.69, 9.17) is 4.74 Å². The van der Waals surface area contributed by atoms with E-state index in [0.717, 1.165) is 15.6 Å². The summed E-state index contributed by atoms with van der Waals surface area (Å²) < 4.78 is 5.93. The van der Waals surface area contributed by atoms with Crippen molar-refractivity contribution >= 4 is 21.9 Å². The van der Waals surface area contributed by atoms with Gasteiger partial charge in [-0.05, 0) is 24.6 Å². The number of carbonyl (C=O) groups excluding carboxylic acids is 1. The molecule has 2 rings (SSSR count). The van der Waals surface area contributed by atoms with Gasteiger partial charge in [0.05, 0.1) is 5.56 Å². The van der Waals surface area contributed by atoms with Crippen LogP contribution in [0.5, 0.6) is 0 Å². The number of carbonyl (C=O) groups is 1. The van der Waals surface area contributed by atoms with Crippen molar-refractivity contribution in [2.24, 2.45) is 0 Å². The molecule has 3 heteroatoms. The zero-order valence-electron chi connectivity index (χ0n) is 12.6. The summed E-state index contributed by atoms with van der Waals surface area (Å²) in [6.45, 7) is 14.4. The van der Waals surface area contributed by atoms with Crippen LogP contribution < -0.4 is 0 Å². The van der Waals surface area contributed by atoms with Crippen LogP contribution in [0.4, 0.5) is 0 Å². The van der Waals surface area contributed by atoms with Gasteiger partial charge in [-0.3, -0.25) is 0 Å². The second kappa shape index (κ2) is 11.3. The summed E-state index contributed by atoms with van der Waals surface area (Å²) in [6.07, 6.45) is 0. The van der Waals surface area contributed by atoms with Gasteiger partial charge in [-0.2, -0.15) is 0 Å². The van der Waals surface area contributed by atoms with Crippen molar-refractivity contribution in [1.29, 1.82) is 0 Å². The summed E-state index contributed by atoms with van der Waals surface area (Å²) in [4.78, 5) is 11.1. The standard InChI is InChI=1S/C9H7BrO2.3C2H6/c1-5-7-4-12-9(11)6(7)2-3-8(5)10;3*1-2/h2-3H,4H2,1H3;3*1-2H3. The number of ether oxygens (including phenoxy) is 1. The highest BCUT2D eigenvalue weighted by atomic mass is 79.9. The number of cyclic esters (lactones) is 1. The Labute approximate surface area is 120 Å². The van der Waals surface area contributed by atoms with E-state index in [1.165, 1.54) is 0 Å². The van der Waals surface area contributed by atoms with Crippen molar-refractivity contribution < 1.29 is 9.53 Å². The molecule has 0 saturated carbocycles. The normalized spacial score (nSPS) is 10.6. The molecule has 0 fully saturated rings. The van der Waals surface area contributed by atoms with Gasteiger partial charge in [0, 0.05) is 10.0 Å². The molecule has 0 aromatic heterocycles. The molecule has 1 aliphatic rings. The Balaban J connectivity index is 0. The maximum Gasteiger partial charge on any atom is 0.338 e. The Morgan fingerprint density at radius 1 is 1.06 bits per heavy atom. The lowest BCUT2D eigenvalue weighted by atomic mass is 10.1. The Bertz CT molecular complexity index is 360. The van der Waals surface area contributed by atoms with Crippen LogP contribution in [-0.4, -0.2) is 5.97 Å². The minimum absolute atomic E-state index is 0.208. The number of benzene rings is 1. The highest BCUT2D eigenvalue weighted by Gasteiger charge is 2.23. The molecule has 0 N–H and O–H groups in total. The van der Waals surface area contributed by atoms with Crippen molar-refractivity contribution in [3.63, 3.8) is 0 Å². The molecule has 0 amide bonds. The SMILES string of the molecule is CC.CC.CC.Cc1c(Br)ccc2c1COC2=O. The van der Waals surface area contributed by atoms with Crippen LogP contribution in [0.25, 0.3) is 0 Å². The molecule has 1 aliphatic heterocycles. The van der Waals surface area contributed by atoms with Crippen LogP contribution in [0.15, 0.2) is 16.6 Å². The molecule has 2 nitrogen and oxygen atoms in total. The highest BCUT2D eigenvalue weighted by molar-refractivity contribution is 9.10. The van der Waals surface area contributed by atoms with Gasteiger partial charge in [0.1, 0.15) is 6.61 Å². The molecule has 0 atom stereocenters. The summed E-state index contributed by atoms with van der Waals surface area (Å²) in [5.41, 5.74) is 2.81. The number of hydrogen-bond donors (Lipinski definition) is 0. The summed E-state index contributed by atoms with van der Waals surface area (Å²) in [5, 5.41) is 0. The minimum Gasteiger partial charge on any atom is -0.457 e. The molecular formula is C15H25BrO2. The summed E-state index contributed by atoms with van der Waals surface area (Å²) >= 11 is 3.40. The number of halogens is 1. The molecular weight excluding hydrogens is 292 g/mol. The third-order valence-electron chi connectivity index (χ3n) is 2.10. The van der Waals surface area contributed by atoms with Gasteiger partial charge in [0.25, 0.3) is 0 Å². The summed E-state index contributed by atoms with van der Waals surface area (Å²) in [7, 11) is 0. The number of hydrogen-bond acceptors (Lipinski definition) is 2. The Kier molecular flexibility index (Phi) is 12.2. The van der Waals surface area contributed by atoms with Crippen molar-refractivity contribution in [3.05, 3.63) is 33.3 Å². The lowest BCUT2D eigenvalue weighted by Gasteiger charge is -2.01. The van der Waals surface area contributed by atoms with Gasteiger partial charge in [0.15, 0.2) is 0 Å². The van der Waals surface area contributed by atoms with Crippen molar-refractivity contribution in [2.45, 2.75) is 55.1 Å². The molecule has 0 unspecified atom stereocenters. The molecule has 0 saturated heterocycles. The van der Waals surface area contributed by atoms with Crippen molar-refractivity contribution in [1.82, 2.24) is 0 Å². The Hall–Kier alpha value is -0.830. The molecule has 18 heavy (non-hydrogen) atoms. The maximum atomic E-state index is 11.1. The van der Waals surface area contributed by atoms with Gasteiger partial charge in [-0.1, -0.05) is 57.5 Å². The fourth-order valence-corrected chi connectivity index (χ4v) is 1.69. The molecule has 1 aromatic rings. The van der Waals surface area contributed by atoms with Gasteiger partial charge >= 0.3 is 5.97 Å². The van der Waals surface area contributed by atoms with E-state index in [9.17, 15) is 4.79 Å². The monoisotopic (exact) mass is 316 g/mol. The fraction of sp³-hybridized carbons (Fsp3) is 0.533. The largest absolute Gasteiger partial charge is 0.457 e. The van der Waals surface area contributed by atoms with E-state index in [-0.39, 0.29) is 5.97 Å². The smallest absolute Gasteiger partial charge is 0.338 e. The Morgan fingerprint density at radius 3 is 2.06 bits per heavy atom. The molecule has 1 heterocycles. The third kappa shape index (κ3) is 4.81. The molecule has 1 aromatic carbocycles. The summed E-state index contributed by atoms with van der Waals surface area (Å²) in [6, 6.07) is 3.67. The maximum absolute atomic E-state index is 11.1. The van der Waals surface area contributed by atoms with Gasteiger partial charge in [0.2, 0.25) is 0 Å². The lowest BCUT2D eigenvalue weighted by Crippen LogP contribution is -1.93. The topological polar surface area (TPSA) is 26.3 Å². The number of fused-ring (bicyclic) bond motifs is 1. The van der Waals surface area contributed by atoms with E-state index < -0.39 is 0 Å². The van der Waals surface area contributed by atoms with E-state index in [1.807, 2.05) is 54.5 Å².